The number of likely N-dealkylation sites (tertiary alicyclic amines) is 1. The van der Waals surface area contributed by atoms with Gasteiger partial charge in [0.25, 0.3) is 0 Å². The summed E-state index contributed by atoms with van der Waals surface area (Å²) in [5, 5.41) is 8.98. The molecule has 0 bridgehead atoms. The molecule has 0 aliphatic carbocycles. The maximum absolute atomic E-state index is 10.9. The fourth-order valence-electron chi connectivity index (χ4n) is 3.20. The predicted molar refractivity (Wildman–Crippen MR) is 76.3 cm³/mol. The SMILES string of the molecule is Cc1cc(C)c(CN2CCCC2CC(=O)O)c(C)c1. The van der Waals surface area contributed by atoms with Crippen molar-refractivity contribution in [1.82, 2.24) is 4.90 Å². The minimum absolute atomic E-state index is 0.206. The average molecular weight is 261 g/mol. The normalized spacial score (nSPS) is 19.8. The number of aliphatic carboxylic acids is 1. The third kappa shape index (κ3) is 3.35. The van der Waals surface area contributed by atoms with Gasteiger partial charge in [0, 0.05) is 12.6 Å². The number of rotatable bonds is 4. The van der Waals surface area contributed by atoms with E-state index in [9.17, 15) is 4.79 Å². The Morgan fingerprint density at radius 3 is 2.53 bits per heavy atom. The quantitative estimate of drug-likeness (QED) is 0.905. The van der Waals surface area contributed by atoms with Crippen molar-refractivity contribution < 1.29 is 9.90 Å². The van der Waals surface area contributed by atoms with Crippen molar-refractivity contribution in [1.29, 1.82) is 0 Å². The monoisotopic (exact) mass is 261 g/mol. The van der Waals surface area contributed by atoms with Crippen LogP contribution in [0.25, 0.3) is 0 Å². The summed E-state index contributed by atoms with van der Waals surface area (Å²) < 4.78 is 0. The molecule has 3 nitrogen and oxygen atoms in total. The third-order valence-electron chi connectivity index (χ3n) is 4.11. The van der Waals surface area contributed by atoms with Crippen molar-refractivity contribution in [3.8, 4) is 0 Å². The largest absolute Gasteiger partial charge is 0.481 e. The molecule has 0 radical (unpaired) electrons. The van der Waals surface area contributed by atoms with E-state index >= 15 is 0 Å². The van der Waals surface area contributed by atoms with Gasteiger partial charge < -0.3 is 5.11 Å². The second-order valence-corrected chi connectivity index (χ2v) is 5.74. The first-order valence-electron chi connectivity index (χ1n) is 7.00. The summed E-state index contributed by atoms with van der Waals surface area (Å²) in [6.07, 6.45) is 2.39. The van der Waals surface area contributed by atoms with Gasteiger partial charge >= 0.3 is 5.97 Å². The third-order valence-corrected chi connectivity index (χ3v) is 4.11. The molecule has 1 unspecified atom stereocenters. The minimum atomic E-state index is -0.686. The van der Waals surface area contributed by atoms with Crippen LogP contribution in [-0.2, 0) is 11.3 Å². The van der Waals surface area contributed by atoms with E-state index in [1.54, 1.807) is 0 Å². The number of hydrogen-bond acceptors (Lipinski definition) is 2. The molecule has 1 aliphatic rings. The number of carboxylic acids is 1. The van der Waals surface area contributed by atoms with Gasteiger partial charge in [0.15, 0.2) is 0 Å². The van der Waals surface area contributed by atoms with E-state index in [4.69, 9.17) is 5.11 Å². The summed E-state index contributed by atoms with van der Waals surface area (Å²) in [5.74, 6) is -0.686. The zero-order chi connectivity index (χ0) is 14.0. The summed E-state index contributed by atoms with van der Waals surface area (Å²) >= 11 is 0. The van der Waals surface area contributed by atoms with Crippen molar-refractivity contribution in [2.75, 3.05) is 6.54 Å². The molecule has 1 aliphatic heterocycles. The molecule has 0 aromatic heterocycles. The molecule has 2 rings (SSSR count). The Labute approximate surface area is 115 Å². The number of benzene rings is 1. The van der Waals surface area contributed by atoms with Crippen LogP contribution in [0.3, 0.4) is 0 Å². The van der Waals surface area contributed by atoms with E-state index in [-0.39, 0.29) is 12.5 Å². The molecule has 0 saturated carbocycles. The second-order valence-electron chi connectivity index (χ2n) is 5.74. The fraction of sp³-hybridized carbons (Fsp3) is 0.562. The molecule has 1 atom stereocenters. The Balaban J connectivity index is 2.14. The lowest BCUT2D eigenvalue weighted by Gasteiger charge is -2.25. The molecule has 1 N–H and O–H groups in total. The first-order valence-corrected chi connectivity index (χ1v) is 7.00. The Morgan fingerprint density at radius 1 is 1.32 bits per heavy atom. The van der Waals surface area contributed by atoms with Gasteiger partial charge in [-0.1, -0.05) is 17.7 Å². The zero-order valence-corrected chi connectivity index (χ0v) is 12.1. The molecule has 19 heavy (non-hydrogen) atoms. The highest BCUT2D eigenvalue weighted by molar-refractivity contribution is 5.67. The molecule has 1 aromatic carbocycles. The van der Waals surface area contributed by atoms with E-state index < -0.39 is 5.97 Å². The number of aryl methyl sites for hydroxylation is 3. The maximum Gasteiger partial charge on any atom is 0.304 e. The van der Waals surface area contributed by atoms with Crippen molar-refractivity contribution >= 4 is 5.97 Å². The highest BCUT2D eigenvalue weighted by Gasteiger charge is 2.27. The lowest BCUT2D eigenvalue weighted by molar-refractivity contribution is -0.138. The van der Waals surface area contributed by atoms with Gasteiger partial charge in [0.1, 0.15) is 0 Å². The summed E-state index contributed by atoms with van der Waals surface area (Å²) in [4.78, 5) is 13.2. The number of carboxylic acid groups (broad SMARTS) is 1. The second kappa shape index (κ2) is 5.74. The predicted octanol–water partition coefficient (Wildman–Crippen LogP) is 3.05. The van der Waals surface area contributed by atoms with Crippen LogP contribution in [0.5, 0.6) is 0 Å². The van der Waals surface area contributed by atoms with Crippen molar-refractivity contribution in [3.05, 3.63) is 34.4 Å². The van der Waals surface area contributed by atoms with E-state index in [2.05, 4.69) is 37.8 Å². The summed E-state index contributed by atoms with van der Waals surface area (Å²) in [7, 11) is 0. The number of nitrogens with zero attached hydrogens (tertiary/aromatic N) is 1. The van der Waals surface area contributed by atoms with E-state index in [1.165, 1.54) is 22.3 Å². The van der Waals surface area contributed by atoms with Gasteiger partial charge in [-0.2, -0.15) is 0 Å². The van der Waals surface area contributed by atoms with Crippen LogP contribution in [0.15, 0.2) is 12.1 Å². The lowest BCUT2D eigenvalue weighted by Crippen LogP contribution is -2.31. The smallest absolute Gasteiger partial charge is 0.304 e. The van der Waals surface area contributed by atoms with Crippen LogP contribution in [0.4, 0.5) is 0 Å². The van der Waals surface area contributed by atoms with Crippen LogP contribution < -0.4 is 0 Å². The molecule has 1 fully saturated rings. The zero-order valence-electron chi connectivity index (χ0n) is 12.1. The summed E-state index contributed by atoms with van der Waals surface area (Å²) in [5.41, 5.74) is 5.29. The van der Waals surface area contributed by atoms with Crippen LogP contribution in [0.2, 0.25) is 0 Å². The maximum atomic E-state index is 10.9. The van der Waals surface area contributed by atoms with Gasteiger partial charge in [0.05, 0.1) is 6.42 Å². The van der Waals surface area contributed by atoms with Gasteiger partial charge in [-0.25, -0.2) is 0 Å². The van der Waals surface area contributed by atoms with Crippen LogP contribution >= 0.6 is 0 Å². The first-order chi connectivity index (χ1) is 8.97. The highest BCUT2D eigenvalue weighted by Crippen LogP contribution is 2.25. The Kier molecular flexibility index (Phi) is 4.25. The molecule has 104 valence electrons. The molecular formula is C16H23NO2. The Hall–Kier alpha value is -1.35. The summed E-state index contributed by atoms with van der Waals surface area (Å²) in [6, 6.07) is 4.63. The molecule has 0 spiro atoms. The fourth-order valence-corrected chi connectivity index (χ4v) is 3.20. The van der Waals surface area contributed by atoms with Crippen molar-refractivity contribution in [2.24, 2.45) is 0 Å². The van der Waals surface area contributed by atoms with Gasteiger partial charge in [0.2, 0.25) is 0 Å². The van der Waals surface area contributed by atoms with Gasteiger partial charge in [-0.15, -0.1) is 0 Å². The van der Waals surface area contributed by atoms with Crippen LogP contribution in [0.1, 0.15) is 41.5 Å². The molecule has 1 aromatic rings. The van der Waals surface area contributed by atoms with Crippen molar-refractivity contribution in [2.45, 2.75) is 52.6 Å². The first kappa shape index (κ1) is 14.1. The van der Waals surface area contributed by atoms with Crippen LogP contribution in [0, 0.1) is 20.8 Å². The Bertz CT molecular complexity index is 459. The molecule has 0 amide bonds. The summed E-state index contributed by atoms with van der Waals surface area (Å²) in [6.45, 7) is 8.32. The van der Waals surface area contributed by atoms with Gasteiger partial charge in [-0.3, -0.25) is 9.69 Å². The minimum Gasteiger partial charge on any atom is -0.481 e. The van der Waals surface area contributed by atoms with Gasteiger partial charge in [-0.05, 0) is 56.8 Å². The highest BCUT2D eigenvalue weighted by atomic mass is 16.4. The number of hydrogen-bond donors (Lipinski definition) is 1. The van der Waals surface area contributed by atoms with Crippen LogP contribution in [-0.4, -0.2) is 28.6 Å². The molecule has 1 saturated heterocycles. The molecule has 1 heterocycles. The Morgan fingerprint density at radius 2 is 1.95 bits per heavy atom. The lowest BCUT2D eigenvalue weighted by atomic mass is 9.99. The standard InChI is InChI=1S/C16H23NO2/c1-11-7-12(2)15(13(3)8-11)10-17-6-4-5-14(17)9-16(18)19/h7-8,14H,4-6,9-10H2,1-3H3,(H,18,19). The van der Waals surface area contributed by atoms with Crippen molar-refractivity contribution in [3.63, 3.8) is 0 Å². The molecule has 3 heteroatoms. The topological polar surface area (TPSA) is 40.5 Å². The average Bonchev–Trinajstić information content (AvgIpc) is 2.70. The van der Waals surface area contributed by atoms with E-state index in [0.29, 0.717) is 0 Å². The van der Waals surface area contributed by atoms with E-state index in [1.807, 2.05) is 0 Å². The number of carbonyl (C=O) groups is 1. The van der Waals surface area contributed by atoms with E-state index in [0.717, 1.165) is 25.9 Å². The molecular weight excluding hydrogens is 238 g/mol.